The molecular weight excluding hydrogens is 236 g/mol. The lowest BCUT2D eigenvalue weighted by Gasteiger charge is -2.22. The van der Waals surface area contributed by atoms with E-state index in [2.05, 4.69) is 43.2 Å². The van der Waals surface area contributed by atoms with Gasteiger partial charge >= 0.3 is 0 Å². The summed E-state index contributed by atoms with van der Waals surface area (Å²) >= 11 is 0. The molecule has 1 aromatic rings. The van der Waals surface area contributed by atoms with E-state index < -0.39 is 0 Å². The molecule has 1 aliphatic heterocycles. The second-order valence-electron chi connectivity index (χ2n) is 5.62. The highest BCUT2D eigenvalue weighted by Gasteiger charge is 2.27. The maximum atomic E-state index is 5.22. The van der Waals surface area contributed by atoms with Gasteiger partial charge in [-0.05, 0) is 44.5 Å². The van der Waals surface area contributed by atoms with Gasteiger partial charge in [0.05, 0.1) is 7.11 Å². The maximum Gasteiger partial charge on any atom is 0.118 e. The Hall–Kier alpha value is -1.06. The molecule has 0 spiro atoms. The molecule has 0 amide bonds. The molecule has 1 aromatic carbocycles. The number of nitrogens with one attached hydrogen (secondary N) is 1. The Bertz CT molecular complexity index is 380. The second kappa shape index (κ2) is 6.40. The number of ether oxygens (including phenoxy) is 1. The van der Waals surface area contributed by atoms with Gasteiger partial charge in [0.2, 0.25) is 0 Å². The molecule has 3 unspecified atom stereocenters. The molecule has 1 saturated heterocycles. The van der Waals surface area contributed by atoms with E-state index in [-0.39, 0.29) is 0 Å². The molecule has 3 nitrogen and oxygen atoms in total. The van der Waals surface area contributed by atoms with Crippen LogP contribution >= 0.6 is 0 Å². The molecule has 106 valence electrons. The zero-order valence-electron chi connectivity index (χ0n) is 12.5. The van der Waals surface area contributed by atoms with Gasteiger partial charge in [-0.25, -0.2) is 0 Å². The SMILES string of the molecule is CCC(NC1CC(C)N(C)C1)c1ccc(OC)cc1. The van der Waals surface area contributed by atoms with E-state index in [0.29, 0.717) is 18.1 Å². The van der Waals surface area contributed by atoms with Gasteiger partial charge < -0.3 is 15.0 Å². The summed E-state index contributed by atoms with van der Waals surface area (Å²) in [6, 6.07) is 10.2. The lowest BCUT2D eigenvalue weighted by molar-refractivity contribution is 0.324. The Morgan fingerprint density at radius 3 is 2.53 bits per heavy atom. The molecule has 1 N–H and O–H groups in total. The van der Waals surface area contributed by atoms with Crippen LogP contribution in [0.2, 0.25) is 0 Å². The third-order valence-corrected chi connectivity index (χ3v) is 4.25. The van der Waals surface area contributed by atoms with Gasteiger partial charge in [0.25, 0.3) is 0 Å². The van der Waals surface area contributed by atoms with Gasteiger partial charge in [0, 0.05) is 24.7 Å². The summed E-state index contributed by atoms with van der Waals surface area (Å²) in [6.07, 6.45) is 2.35. The molecule has 3 atom stereocenters. The number of benzene rings is 1. The lowest BCUT2D eigenvalue weighted by atomic mass is 10.0. The third-order valence-electron chi connectivity index (χ3n) is 4.25. The topological polar surface area (TPSA) is 24.5 Å². The van der Waals surface area contributed by atoms with Crippen LogP contribution in [0.3, 0.4) is 0 Å². The molecule has 19 heavy (non-hydrogen) atoms. The van der Waals surface area contributed by atoms with Crippen LogP contribution < -0.4 is 10.1 Å². The maximum absolute atomic E-state index is 5.22. The summed E-state index contributed by atoms with van der Waals surface area (Å²) in [4.78, 5) is 2.43. The predicted octanol–water partition coefficient (Wildman–Crippen LogP) is 2.83. The highest BCUT2D eigenvalue weighted by Crippen LogP contribution is 2.23. The van der Waals surface area contributed by atoms with Crippen molar-refractivity contribution < 1.29 is 4.74 Å². The van der Waals surface area contributed by atoms with Gasteiger partial charge in [-0.1, -0.05) is 19.1 Å². The zero-order valence-corrected chi connectivity index (χ0v) is 12.5. The summed E-state index contributed by atoms with van der Waals surface area (Å²) in [7, 11) is 3.92. The first-order valence-electron chi connectivity index (χ1n) is 7.24. The minimum absolute atomic E-state index is 0.439. The van der Waals surface area contributed by atoms with Crippen molar-refractivity contribution in [2.75, 3.05) is 20.7 Å². The Labute approximate surface area is 116 Å². The molecule has 1 aliphatic rings. The van der Waals surface area contributed by atoms with Crippen LogP contribution in [-0.2, 0) is 0 Å². The van der Waals surface area contributed by atoms with E-state index in [1.165, 1.54) is 12.0 Å². The Morgan fingerprint density at radius 2 is 2.05 bits per heavy atom. The molecule has 1 fully saturated rings. The Kier molecular flexibility index (Phi) is 4.83. The molecule has 3 heteroatoms. The molecule has 0 radical (unpaired) electrons. The highest BCUT2D eigenvalue weighted by atomic mass is 16.5. The van der Waals surface area contributed by atoms with Gasteiger partial charge in [-0.15, -0.1) is 0 Å². The van der Waals surface area contributed by atoms with Crippen LogP contribution in [0.5, 0.6) is 5.75 Å². The average Bonchev–Trinajstić information content (AvgIpc) is 2.75. The number of hydrogen-bond acceptors (Lipinski definition) is 3. The molecule has 1 heterocycles. The van der Waals surface area contributed by atoms with E-state index in [9.17, 15) is 0 Å². The summed E-state index contributed by atoms with van der Waals surface area (Å²) in [5.41, 5.74) is 1.35. The number of hydrogen-bond donors (Lipinski definition) is 1. The van der Waals surface area contributed by atoms with Crippen molar-refractivity contribution >= 4 is 0 Å². The monoisotopic (exact) mass is 262 g/mol. The molecule has 0 aliphatic carbocycles. The highest BCUT2D eigenvalue weighted by molar-refractivity contribution is 5.29. The Morgan fingerprint density at radius 1 is 1.37 bits per heavy atom. The summed E-state index contributed by atoms with van der Waals surface area (Å²) in [5.74, 6) is 0.924. The van der Waals surface area contributed by atoms with Crippen molar-refractivity contribution in [3.05, 3.63) is 29.8 Å². The van der Waals surface area contributed by atoms with Crippen LogP contribution in [0.25, 0.3) is 0 Å². The molecular formula is C16H26N2O. The number of likely N-dealkylation sites (N-methyl/N-ethyl adjacent to an activating group) is 1. The first kappa shape index (κ1) is 14.4. The van der Waals surface area contributed by atoms with E-state index in [1.807, 2.05) is 12.1 Å². The van der Waals surface area contributed by atoms with E-state index in [1.54, 1.807) is 7.11 Å². The van der Waals surface area contributed by atoms with Crippen molar-refractivity contribution in [2.45, 2.75) is 44.8 Å². The minimum Gasteiger partial charge on any atom is -0.497 e. The quantitative estimate of drug-likeness (QED) is 0.883. The van der Waals surface area contributed by atoms with Gasteiger partial charge in [0.15, 0.2) is 0 Å². The van der Waals surface area contributed by atoms with Crippen molar-refractivity contribution in [1.29, 1.82) is 0 Å². The zero-order chi connectivity index (χ0) is 13.8. The van der Waals surface area contributed by atoms with E-state index >= 15 is 0 Å². The van der Waals surface area contributed by atoms with Crippen LogP contribution in [-0.4, -0.2) is 37.7 Å². The van der Waals surface area contributed by atoms with Crippen LogP contribution in [0.1, 0.15) is 38.3 Å². The normalized spacial score (nSPS) is 25.5. The number of likely N-dealkylation sites (tertiary alicyclic amines) is 1. The standard InChI is InChI=1S/C16H26N2O/c1-5-16(13-6-8-15(19-4)9-7-13)17-14-10-12(2)18(3)11-14/h6-9,12,14,16-17H,5,10-11H2,1-4H3. The molecule has 2 rings (SSSR count). The van der Waals surface area contributed by atoms with Gasteiger partial charge in [-0.3, -0.25) is 0 Å². The average molecular weight is 262 g/mol. The second-order valence-corrected chi connectivity index (χ2v) is 5.62. The van der Waals surface area contributed by atoms with Crippen molar-refractivity contribution in [3.63, 3.8) is 0 Å². The van der Waals surface area contributed by atoms with Gasteiger partial charge in [0.1, 0.15) is 5.75 Å². The van der Waals surface area contributed by atoms with E-state index in [4.69, 9.17) is 4.74 Å². The van der Waals surface area contributed by atoms with E-state index in [0.717, 1.165) is 18.7 Å². The largest absolute Gasteiger partial charge is 0.497 e. The minimum atomic E-state index is 0.439. The number of nitrogens with zero attached hydrogens (tertiary/aromatic N) is 1. The van der Waals surface area contributed by atoms with Gasteiger partial charge in [-0.2, -0.15) is 0 Å². The number of methoxy groups -OCH3 is 1. The smallest absolute Gasteiger partial charge is 0.118 e. The number of rotatable bonds is 5. The van der Waals surface area contributed by atoms with Crippen LogP contribution in [0, 0.1) is 0 Å². The fourth-order valence-electron chi connectivity index (χ4n) is 2.89. The molecule has 0 aromatic heterocycles. The fraction of sp³-hybridized carbons (Fsp3) is 0.625. The fourth-order valence-corrected chi connectivity index (χ4v) is 2.89. The van der Waals surface area contributed by atoms with Crippen molar-refractivity contribution in [2.24, 2.45) is 0 Å². The third kappa shape index (κ3) is 3.48. The molecule has 0 saturated carbocycles. The first-order valence-corrected chi connectivity index (χ1v) is 7.24. The van der Waals surface area contributed by atoms with Crippen LogP contribution in [0.15, 0.2) is 24.3 Å². The lowest BCUT2D eigenvalue weighted by Crippen LogP contribution is -2.34. The summed E-state index contributed by atoms with van der Waals surface area (Å²) in [5, 5.41) is 3.80. The van der Waals surface area contributed by atoms with Crippen molar-refractivity contribution in [3.8, 4) is 5.75 Å². The van der Waals surface area contributed by atoms with Crippen molar-refractivity contribution in [1.82, 2.24) is 10.2 Å². The first-order chi connectivity index (χ1) is 9.13. The molecule has 0 bridgehead atoms. The Balaban J connectivity index is 1.99. The summed E-state index contributed by atoms with van der Waals surface area (Å²) in [6.45, 7) is 5.69. The predicted molar refractivity (Wildman–Crippen MR) is 79.7 cm³/mol. The summed E-state index contributed by atoms with van der Waals surface area (Å²) < 4.78 is 5.22. The van der Waals surface area contributed by atoms with Crippen LogP contribution in [0.4, 0.5) is 0 Å².